The molecule has 0 aromatic heterocycles. The Morgan fingerprint density at radius 1 is 1.27 bits per heavy atom. The molecule has 0 saturated heterocycles. The van der Waals surface area contributed by atoms with Gasteiger partial charge < -0.3 is 10.1 Å². The van der Waals surface area contributed by atoms with Crippen molar-refractivity contribution in [3.8, 4) is 0 Å². The van der Waals surface area contributed by atoms with E-state index in [1.807, 2.05) is 18.2 Å². The second-order valence-electron chi connectivity index (χ2n) is 6.38. The number of amides is 1. The zero-order chi connectivity index (χ0) is 15.8. The Kier molecular flexibility index (Phi) is 6.44. The first-order valence-corrected chi connectivity index (χ1v) is 8.57. The first-order valence-electron chi connectivity index (χ1n) is 8.57. The fraction of sp³-hybridized carbons (Fsp3) is 0.632. The maximum Gasteiger partial charge on any atom is 0.220 e. The van der Waals surface area contributed by atoms with E-state index in [-0.39, 0.29) is 5.91 Å². The number of ether oxygens (including phenoxy) is 1. The number of rotatable bonds is 8. The average molecular weight is 303 g/mol. The molecule has 0 heterocycles. The van der Waals surface area contributed by atoms with Gasteiger partial charge in [0.25, 0.3) is 0 Å². The Bertz CT molecular complexity index is 448. The molecule has 0 spiro atoms. The highest BCUT2D eigenvalue weighted by molar-refractivity contribution is 5.76. The summed E-state index contributed by atoms with van der Waals surface area (Å²) in [5.74, 6) is 0.913. The zero-order valence-corrected chi connectivity index (χ0v) is 13.9. The van der Waals surface area contributed by atoms with E-state index in [1.54, 1.807) is 7.11 Å². The van der Waals surface area contributed by atoms with Gasteiger partial charge in [-0.15, -0.1) is 0 Å². The van der Waals surface area contributed by atoms with Crippen LogP contribution in [0.25, 0.3) is 0 Å². The molecule has 2 rings (SSSR count). The highest BCUT2D eigenvalue weighted by Crippen LogP contribution is 2.29. The molecule has 22 heavy (non-hydrogen) atoms. The standard InChI is InChI=1S/C19H29NO2/c1-3-19(22-2,17-11-5-4-6-12-17)15-20-18(21)14-13-16-9-7-8-10-16/h4-6,11-12,16H,3,7-10,13-15H2,1-2H3,(H,20,21). The van der Waals surface area contributed by atoms with Gasteiger partial charge in [0.2, 0.25) is 5.91 Å². The van der Waals surface area contributed by atoms with Gasteiger partial charge in [-0.25, -0.2) is 0 Å². The average Bonchev–Trinajstić information content (AvgIpc) is 3.09. The van der Waals surface area contributed by atoms with Crippen molar-refractivity contribution in [3.05, 3.63) is 35.9 Å². The van der Waals surface area contributed by atoms with Gasteiger partial charge in [0.1, 0.15) is 5.60 Å². The lowest BCUT2D eigenvalue weighted by Gasteiger charge is -2.32. The Labute approximate surface area is 134 Å². The minimum Gasteiger partial charge on any atom is -0.372 e. The summed E-state index contributed by atoms with van der Waals surface area (Å²) in [5.41, 5.74) is 0.695. The highest BCUT2D eigenvalue weighted by atomic mass is 16.5. The summed E-state index contributed by atoms with van der Waals surface area (Å²) in [6.45, 7) is 2.63. The molecule has 1 atom stereocenters. The summed E-state index contributed by atoms with van der Waals surface area (Å²) in [6.07, 6.45) is 7.77. The smallest absolute Gasteiger partial charge is 0.220 e. The van der Waals surface area contributed by atoms with Gasteiger partial charge in [-0.2, -0.15) is 0 Å². The molecule has 1 aromatic rings. The van der Waals surface area contributed by atoms with E-state index in [2.05, 4.69) is 24.4 Å². The summed E-state index contributed by atoms with van der Waals surface area (Å²) in [6, 6.07) is 10.2. The highest BCUT2D eigenvalue weighted by Gasteiger charge is 2.30. The number of carbonyl (C=O) groups excluding carboxylic acids is 1. The van der Waals surface area contributed by atoms with Gasteiger partial charge in [0, 0.05) is 13.5 Å². The van der Waals surface area contributed by atoms with Gasteiger partial charge in [0.15, 0.2) is 0 Å². The number of hydrogen-bond donors (Lipinski definition) is 1. The normalized spacial score (nSPS) is 18.1. The molecule has 1 aromatic carbocycles. The Morgan fingerprint density at radius 3 is 2.55 bits per heavy atom. The largest absolute Gasteiger partial charge is 0.372 e. The molecule has 1 unspecified atom stereocenters. The molecule has 0 bridgehead atoms. The van der Waals surface area contributed by atoms with Gasteiger partial charge in [-0.1, -0.05) is 62.9 Å². The second-order valence-corrected chi connectivity index (χ2v) is 6.38. The second kappa shape index (κ2) is 8.33. The molecular weight excluding hydrogens is 274 g/mol. The lowest BCUT2D eigenvalue weighted by atomic mass is 9.90. The van der Waals surface area contributed by atoms with Crippen molar-refractivity contribution in [1.29, 1.82) is 0 Å². The quantitative estimate of drug-likeness (QED) is 0.787. The third kappa shape index (κ3) is 4.33. The van der Waals surface area contributed by atoms with Crippen molar-refractivity contribution in [3.63, 3.8) is 0 Å². The Morgan fingerprint density at radius 2 is 1.95 bits per heavy atom. The summed E-state index contributed by atoms with van der Waals surface area (Å²) in [5, 5.41) is 3.08. The number of carbonyl (C=O) groups is 1. The summed E-state index contributed by atoms with van der Waals surface area (Å²) in [4.78, 5) is 12.1. The molecule has 1 aliphatic carbocycles. The van der Waals surface area contributed by atoms with Crippen LogP contribution < -0.4 is 5.32 Å². The van der Waals surface area contributed by atoms with Gasteiger partial charge in [-0.05, 0) is 24.3 Å². The number of hydrogen-bond acceptors (Lipinski definition) is 2. The number of benzene rings is 1. The van der Waals surface area contributed by atoms with Crippen molar-refractivity contribution in [2.24, 2.45) is 5.92 Å². The predicted molar refractivity (Wildman–Crippen MR) is 89.6 cm³/mol. The first kappa shape index (κ1) is 17.0. The van der Waals surface area contributed by atoms with Crippen molar-refractivity contribution in [2.45, 2.75) is 57.5 Å². The molecule has 3 heteroatoms. The van der Waals surface area contributed by atoms with Crippen LogP contribution in [0.1, 0.15) is 57.4 Å². The predicted octanol–water partition coefficient (Wildman–Crippen LogP) is 4.02. The van der Waals surface area contributed by atoms with Crippen LogP contribution in [0.5, 0.6) is 0 Å². The van der Waals surface area contributed by atoms with Crippen LogP contribution in [-0.2, 0) is 15.1 Å². The van der Waals surface area contributed by atoms with Crippen molar-refractivity contribution in [2.75, 3.05) is 13.7 Å². The fourth-order valence-electron chi connectivity index (χ4n) is 3.47. The van der Waals surface area contributed by atoms with Crippen molar-refractivity contribution < 1.29 is 9.53 Å². The van der Waals surface area contributed by atoms with Crippen LogP contribution in [0.4, 0.5) is 0 Å². The molecule has 0 aliphatic heterocycles. The summed E-state index contributed by atoms with van der Waals surface area (Å²) in [7, 11) is 1.72. The van der Waals surface area contributed by atoms with Crippen LogP contribution >= 0.6 is 0 Å². The third-order valence-corrected chi connectivity index (χ3v) is 5.09. The number of nitrogens with one attached hydrogen (secondary N) is 1. The van der Waals surface area contributed by atoms with Crippen molar-refractivity contribution in [1.82, 2.24) is 5.32 Å². The topological polar surface area (TPSA) is 38.3 Å². The molecule has 3 nitrogen and oxygen atoms in total. The Hall–Kier alpha value is -1.35. The fourth-order valence-corrected chi connectivity index (χ4v) is 3.47. The van der Waals surface area contributed by atoms with Gasteiger partial charge >= 0.3 is 0 Å². The maximum atomic E-state index is 12.1. The zero-order valence-electron chi connectivity index (χ0n) is 13.9. The van der Waals surface area contributed by atoms with Crippen LogP contribution in [-0.4, -0.2) is 19.6 Å². The van der Waals surface area contributed by atoms with E-state index in [4.69, 9.17) is 4.74 Å². The minimum absolute atomic E-state index is 0.151. The first-order chi connectivity index (χ1) is 10.7. The van der Waals surface area contributed by atoms with E-state index < -0.39 is 5.60 Å². The van der Waals surface area contributed by atoms with E-state index in [0.717, 1.165) is 24.3 Å². The van der Waals surface area contributed by atoms with Crippen molar-refractivity contribution >= 4 is 5.91 Å². The van der Waals surface area contributed by atoms with Gasteiger partial charge in [-0.3, -0.25) is 4.79 Å². The lowest BCUT2D eigenvalue weighted by Crippen LogP contribution is -2.41. The summed E-state index contributed by atoms with van der Waals surface area (Å²) < 4.78 is 5.79. The molecule has 1 amide bonds. The summed E-state index contributed by atoms with van der Waals surface area (Å²) >= 11 is 0. The van der Waals surface area contributed by atoms with E-state index in [9.17, 15) is 4.79 Å². The minimum atomic E-state index is -0.426. The van der Waals surface area contributed by atoms with Gasteiger partial charge in [0.05, 0.1) is 6.54 Å². The molecule has 0 radical (unpaired) electrons. The molecule has 1 aliphatic rings. The monoisotopic (exact) mass is 303 g/mol. The van der Waals surface area contributed by atoms with Crippen LogP contribution in [0.2, 0.25) is 0 Å². The molecule has 1 N–H and O–H groups in total. The molecule has 1 saturated carbocycles. The molecule has 1 fully saturated rings. The van der Waals surface area contributed by atoms with Crippen LogP contribution in [0.15, 0.2) is 30.3 Å². The maximum absolute atomic E-state index is 12.1. The lowest BCUT2D eigenvalue weighted by molar-refractivity contribution is -0.123. The molecule has 122 valence electrons. The number of methoxy groups -OCH3 is 1. The SMILES string of the molecule is CCC(CNC(=O)CCC1CCCC1)(OC)c1ccccc1. The van der Waals surface area contributed by atoms with E-state index in [1.165, 1.54) is 25.7 Å². The van der Waals surface area contributed by atoms with Crippen LogP contribution in [0.3, 0.4) is 0 Å². The van der Waals surface area contributed by atoms with E-state index in [0.29, 0.717) is 13.0 Å². The Balaban J connectivity index is 1.87. The third-order valence-electron chi connectivity index (χ3n) is 5.09. The van der Waals surface area contributed by atoms with E-state index >= 15 is 0 Å². The van der Waals surface area contributed by atoms with Crippen LogP contribution in [0, 0.1) is 5.92 Å². The molecular formula is C19H29NO2.